The highest BCUT2D eigenvalue weighted by Gasteiger charge is 2.19. The van der Waals surface area contributed by atoms with Crippen molar-refractivity contribution in [2.45, 2.75) is 20.5 Å². The predicted molar refractivity (Wildman–Crippen MR) is 124 cm³/mol. The number of hydrogen-bond donors (Lipinski definition) is 0. The maximum absolute atomic E-state index is 14.4. The predicted octanol–water partition coefficient (Wildman–Crippen LogP) is 6.45. The van der Waals surface area contributed by atoms with Gasteiger partial charge in [0.2, 0.25) is 0 Å². The number of hydrogen-bond acceptors (Lipinski definition) is 5. The zero-order valence-electron chi connectivity index (χ0n) is 18.7. The second kappa shape index (κ2) is 9.79. The second-order valence-electron chi connectivity index (χ2n) is 7.53. The number of nitrogens with zero attached hydrogens (tertiary/aromatic N) is 1. The van der Waals surface area contributed by atoms with Gasteiger partial charge >= 0.3 is 5.97 Å². The minimum absolute atomic E-state index is 0.129. The van der Waals surface area contributed by atoms with E-state index in [1.165, 1.54) is 19.2 Å². The number of rotatable bonds is 7. The second-order valence-corrected chi connectivity index (χ2v) is 7.53. The molecule has 0 saturated heterocycles. The fraction of sp³-hybridized carbons (Fsp3) is 0.185. The molecule has 1 aromatic heterocycles. The SMILES string of the molecule is CCOCc1c(-c2cc(-c3ccc(C(=O)OC)c(F)c3)no2)ccc(-c2ccccc2)c1C. The number of esters is 1. The third kappa shape index (κ3) is 4.56. The van der Waals surface area contributed by atoms with E-state index in [1.807, 2.05) is 31.2 Å². The van der Waals surface area contributed by atoms with Crippen LogP contribution in [0.25, 0.3) is 33.7 Å². The molecular formula is C27H24FNO4. The van der Waals surface area contributed by atoms with Crippen LogP contribution in [0.1, 0.15) is 28.4 Å². The van der Waals surface area contributed by atoms with Gasteiger partial charge in [0.15, 0.2) is 5.76 Å². The van der Waals surface area contributed by atoms with E-state index in [1.54, 1.807) is 12.1 Å². The highest BCUT2D eigenvalue weighted by molar-refractivity contribution is 5.90. The first kappa shape index (κ1) is 22.4. The Morgan fingerprint density at radius 3 is 2.45 bits per heavy atom. The molecule has 0 aliphatic rings. The van der Waals surface area contributed by atoms with Gasteiger partial charge in [-0.3, -0.25) is 0 Å². The smallest absolute Gasteiger partial charge is 0.340 e. The number of aromatic nitrogens is 1. The Morgan fingerprint density at radius 1 is 1.00 bits per heavy atom. The molecule has 0 amide bonds. The number of halogens is 1. The van der Waals surface area contributed by atoms with Gasteiger partial charge < -0.3 is 14.0 Å². The molecule has 0 spiro atoms. The summed E-state index contributed by atoms with van der Waals surface area (Å²) in [7, 11) is 1.21. The molecule has 0 radical (unpaired) electrons. The molecule has 0 unspecified atom stereocenters. The van der Waals surface area contributed by atoms with Crippen LogP contribution in [-0.4, -0.2) is 24.8 Å². The third-order valence-electron chi connectivity index (χ3n) is 5.58. The largest absolute Gasteiger partial charge is 0.465 e. The van der Waals surface area contributed by atoms with Crippen LogP contribution < -0.4 is 0 Å². The summed E-state index contributed by atoms with van der Waals surface area (Å²) in [5, 5.41) is 4.13. The van der Waals surface area contributed by atoms with Crippen LogP contribution in [0.2, 0.25) is 0 Å². The lowest BCUT2D eigenvalue weighted by Gasteiger charge is -2.15. The van der Waals surface area contributed by atoms with Gasteiger partial charge in [-0.1, -0.05) is 53.7 Å². The summed E-state index contributed by atoms with van der Waals surface area (Å²) in [6.45, 7) is 5.03. The van der Waals surface area contributed by atoms with E-state index < -0.39 is 11.8 Å². The maximum atomic E-state index is 14.4. The van der Waals surface area contributed by atoms with Crippen molar-refractivity contribution in [2.75, 3.05) is 13.7 Å². The molecule has 4 rings (SSSR count). The van der Waals surface area contributed by atoms with E-state index >= 15 is 0 Å². The zero-order chi connectivity index (χ0) is 23.4. The van der Waals surface area contributed by atoms with Crippen molar-refractivity contribution >= 4 is 5.97 Å². The van der Waals surface area contributed by atoms with Gasteiger partial charge in [0.1, 0.15) is 11.5 Å². The number of ether oxygens (including phenoxy) is 2. The molecule has 0 aliphatic carbocycles. The number of benzene rings is 3. The first-order chi connectivity index (χ1) is 16.0. The maximum Gasteiger partial charge on any atom is 0.340 e. The lowest BCUT2D eigenvalue weighted by molar-refractivity contribution is 0.0595. The molecular weight excluding hydrogens is 421 g/mol. The molecule has 0 aliphatic heterocycles. The van der Waals surface area contributed by atoms with Crippen LogP contribution in [0, 0.1) is 12.7 Å². The summed E-state index contributed by atoms with van der Waals surface area (Å²) in [6.07, 6.45) is 0. The summed E-state index contributed by atoms with van der Waals surface area (Å²) in [4.78, 5) is 11.6. The quantitative estimate of drug-likeness (QED) is 0.306. The molecule has 0 saturated carbocycles. The summed E-state index contributed by atoms with van der Waals surface area (Å²) in [5.41, 5.74) is 6.05. The standard InChI is InChI=1S/C27H24FNO4/c1-4-32-16-23-17(2)20(18-8-6-5-7-9-18)12-13-21(23)26-15-25(29-33-26)19-10-11-22(24(28)14-19)27(30)31-3/h5-15H,4,16H2,1-3H3. The van der Waals surface area contributed by atoms with E-state index in [2.05, 4.69) is 35.0 Å². The molecule has 6 heteroatoms. The van der Waals surface area contributed by atoms with Crippen LogP contribution in [0.5, 0.6) is 0 Å². The van der Waals surface area contributed by atoms with Gasteiger partial charge in [0.25, 0.3) is 0 Å². The lowest BCUT2D eigenvalue weighted by Crippen LogP contribution is -2.04. The van der Waals surface area contributed by atoms with E-state index in [4.69, 9.17) is 9.26 Å². The van der Waals surface area contributed by atoms with Gasteiger partial charge in [-0.05, 0) is 48.2 Å². The molecule has 1 heterocycles. The van der Waals surface area contributed by atoms with Gasteiger partial charge in [-0.25, -0.2) is 9.18 Å². The van der Waals surface area contributed by atoms with Gasteiger partial charge in [0.05, 0.1) is 19.3 Å². The van der Waals surface area contributed by atoms with Crippen LogP contribution in [0.15, 0.2) is 71.3 Å². The Hall–Kier alpha value is -3.77. The summed E-state index contributed by atoms with van der Waals surface area (Å²) >= 11 is 0. The van der Waals surface area contributed by atoms with Crippen molar-refractivity contribution < 1.29 is 23.2 Å². The van der Waals surface area contributed by atoms with Crippen LogP contribution in [0.4, 0.5) is 4.39 Å². The van der Waals surface area contributed by atoms with Gasteiger partial charge in [0, 0.05) is 23.8 Å². The molecule has 0 bridgehead atoms. The molecule has 3 aromatic carbocycles. The average Bonchev–Trinajstić information content (AvgIpc) is 3.33. The first-order valence-electron chi connectivity index (χ1n) is 10.6. The average molecular weight is 445 g/mol. The number of carbonyl (C=O) groups excluding carboxylic acids is 1. The van der Waals surface area contributed by atoms with E-state index in [9.17, 15) is 9.18 Å². The molecule has 5 nitrogen and oxygen atoms in total. The number of carbonyl (C=O) groups is 1. The highest BCUT2D eigenvalue weighted by atomic mass is 19.1. The molecule has 4 aromatic rings. The molecule has 168 valence electrons. The summed E-state index contributed by atoms with van der Waals surface area (Å²) < 4.78 is 30.4. The Bertz CT molecular complexity index is 1280. The minimum atomic E-state index is -0.727. The fourth-order valence-electron chi connectivity index (χ4n) is 3.80. The first-order valence-corrected chi connectivity index (χ1v) is 10.6. The van der Waals surface area contributed by atoms with Gasteiger partial charge in [-0.2, -0.15) is 0 Å². The van der Waals surface area contributed by atoms with Crippen molar-refractivity contribution in [3.63, 3.8) is 0 Å². The van der Waals surface area contributed by atoms with E-state index in [0.717, 1.165) is 27.8 Å². The number of methoxy groups -OCH3 is 1. The molecule has 0 fully saturated rings. The fourth-order valence-corrected chi connectivity index (χ4v) is 3.80. The normalized spacial score (nSPS) is 10.9. The topological polar surface area (TPSA) is 61.6 Å². The van der Waals surface area contributed by atoms with Gasteiger partial charge in [-0.15, -0.1) is 0 Å². The minimum Gasteiger partial charge on any atom is -0.465 e. The molecule has 33 heavy (non-hydrogen) atoms. The van der Waals surface area contributed by atoms with E-state index in [-0.39, 0.29) is 5.56 Å². The molecule has 0 atom stereocenters. The summed E-state index contributed by atoms with van der Waals surface area (Å²) in [5.74, 6) is -0.849. The van der Waals surface area contributed by atoms with Crippen LogP contribution >= 0.6 is 0 Å². The van der Waals surface area contributed by atoms with Crippen LogP contribution in [0.3, 0.4) is 0 Å². The van der Waals surface area contributed by atoms with Crippen molar-refractivity contribution in [1.82, 2.24) is 5.16 Å². The van der Waals surface area contributed by atoms with Crippen molar-refractivity contribution in [2.24, 2.45) is 0 Å². The molecule has 0 N–H and O–H groups in total. The Kier molecular flexibility index (Phi) is 6.66. The Labute approximate surface area is 191 Å². The third-order valence-corrected chi connectivity index (χ3v) is 5.58. The van der Waals surface area contributed by atoms with E-state index in [0.29, 0.717) is 30.2 Å². The van der Waals surface area contributed by atoms with Crippen molar-refractivity contribution in [3.05, 3.63) is 89.2 Å². The Balaban J connectivity index is 1.73. The zero-order valence-corrected chi connectivity index (χ0v) is 18.7. The van der Waals surface area contributed by atoms with Crippen molar-refractivity contribution in [3.8, 4) is 33.7 Å². The monoisotopic (exact) mass is 445 g/mol. The summed E-state index contributed by atoms with van der Waals surface area (Å²) in [6, 6.07) is 20.2. The van der Waals surface area contributed by atoms with Crippen molar-refractivity contribution in [1.29, 1.82) is 0 Å². The lowest BCUT2D eigenvalue weighted by atomic mass is 9.92. The Morgan fingerprint density at radius 2 is 1.76 bits per heavy atom. The highest BCUT2D eigenvalue weighted by Crippen LogP contribution is 2.35. The van der Waals surface area contributed by atoms with Crippen LogP contribution in [-0.2, 0) is 16.1 Å².